The molecule has 0 aliphatic carbocycles. The van der Waals surface area contributed by atoms with Gasteiger partial charge in [0.15, 0.2) is 0 Å². The van der Waals surface area contributed by atoms with Gasteiger partial charge in [-0.2, -0.15) is 0 Å². The van der Waals surface area contributed by atoms with E-state index in [2.05, 4.69) is 15.4 Å². The van der Waals surface area contributed by atoms with Crippen LogP contribution in [0.15, 0.2) is 48.5 Å². The van der Waals surface area contributed by atoms with E-state index in [1.54, 1.807) is 42.5 Å². The number of halogens is 1. The fraction of sp³-hybridized carbons (Fsp3) is 0.176. The Morgan fingerprint density at radius 2 is 1.69 bits per heavy atom. The first-order valence-corrected chi connectivity index (χ1v) is 9.70. The van der Waals surface area contributed by atoms with Crippen molar-refractivity contribution < 1.29 is 18.0 Å². The predicted octanol–water partition coefficient (Wildman–Crippen LogP) is 2.47. The third-order valence-electron chi connectivity index (χ3n) is 3.22. The van der Waals surface area contributed by atoms with Crippen LogP contribution >= 0.6 is 11.6 Å². The van der Waals surface area contributed by atoms with Crippen molar-refractivity contribution in [1.82, 2.24) is 5.32 Å². The number of carbonyl (C=O) groups excluding carboxylic acids is 2. The molecule has 0 heterocycles. The zero-order valence-corrected chi connectivity index (χ0v) is 15.5. The number of benzene rings is 2. The van der Waals surface area contributed by atoms with Gasteiger partial charge in [0, 0.05) is 29.7 Å². The van der Waals surface area contributed by atoms with Crippen molar-refractivity contribution in [2.24, 2.45) is 0 Å². The molecule has 0 saturated carbocycles. The van der Waals surface area contributed by atoms with Gasteiger partial charge in [0.25, 0.3) is 5.91 Å². The number of rotatable bonds is 7. The lowest BCUT2D eigenvalue weighted by Gasteiger charge is -2.10. The normalized spacial score (nSPS) is 10.8. The van der Waals surface area contributed by atoms with E-state index < -0.39 is 10.0 Å². The second kappa shape index (κ2) is 8.68. The molecular weight excluding hydrogens is 378 g/mol. The molecule has 2 aromatic rings. The maximum Gasteiger partial charge on any atom is 0.251 e. The minimum atomic E-state index is -3.66. The number of amides is 2. The van der Waals surface area contributed by atoms with Crippen LogP contribution in [0.3, 0.4) is 0 Å². The van der Waals surface area contributed by atoms with Crippen molar-refractivity contribution in [3.8, 4) is 0 Å². The van der Waals surface area contributed by atoms with Crippen molar-refractivity contribution in [3.05, 3.63) is 59.1 Å². The second-order valence-electron chi connectivity index (χ2n) is 5.45. The van der Waals surface area contributed by atoms with Gasteiger partial charge in [0.05, 0.1) is 11.4 Å². The van der Waals surface area contributed by atoms with Crippen LogP contribution in [0.1, 0.15) is 17.3 Å². The highest BCUT2D eigenvalue weighted by atomic mass is 35.5. The van der Waals surface area contributed by atoms with Gasteiger partial charge in [0.1, 0.15) is 0 Å². The molecule has 9 heteroatoms. The molecule has 2 amide bonds. The summed E-state index contributed by atoms with van der Waals surface area (Å²) in [6.07, 6.45) is 0. The molecule has 7 nitrogen and oxygen atoms in total. The zero-order valence-electron chi connectivity index (χ0n) is 14.0. The van der Waals surface area contributed by atoms with E-state index in [-0.39, 0.29) is 24.1 Å². The molecule has 3 N–H and O–H groups in total. The largest absolute Gasteiger partial charge is 0.351 e. The van der Waals surface area contributed by atoms with E-state index in [0.29, 0.717) is 22.0 Å². The van der Waals surface area contributed by atoms with Crippen LogP contribution < -0.4 is 15.4 Å². The molecule has 0 aromatic heterocycles. The predicted molar refractivity (Wildman–Crippen MR) is 102 cm³/mol. The van der Waals surface area contributed by atoms with Crippen LogP contribution in [0.25, 0.3) is 0 Å². The summed E-state index contributed by atoms with van der Waals surface area (Å²) in [6.45, 7) is 1.31. The van der Waals surface area contributed by atoms with Crippen molar-refractivity contribution >= 4 is 44.8 Å². The second-order valence-corrected chi connectivity index (χ2v) is 7.72. The van der Waals surface area contributed by atoms with Gasteiger partial charge in [-0.1, -0.05) is 17.7 Å². The lowest BCUT2D eigenvalue weighted by Crippen LogP contribution is -2.31. The molecule has 0 fully saturated rings. The molecule has 0 saturated heterocycles. The Morgan fingerprint density at radius 3 is 2.35 bits per heavy atom. The Morgan fingerprint density at radius 1 is 1.04 bits per heavy atom. The van der Waals surface area contributed by atoms with Crippen molar-refractivity contribution in [1.29, 1.82) is 0 Å². The zero-order chi connectivity index (χ0) is 19.2. The molecule has 0 aliphatic heterocycles. The van der Waals surface area contributed by atoms with E-state index >= 15 is 0 Å². The lowest BCUT2D eigenvalue weighted by atomic mass is 10.2. The quantitative estimate of drug-likeness (QED) is 0.669. The van der Waals surface area contributed by atoms with Crippen LogP contribution in [-0.2, 0) is 14.8 Å². The van der Waals surface area contributed by atoms with Crippen LogP contribution in [-0.4, -0.2) is 32.5 Å². The summed E-state index contributed by atoms with van der Waals surface area (Å²) in [4.78, 5) is 23.0. The Hall–Kier alpha value is -2.58. The highest BCUT2D eigenvalue weighted by Gasteiger charge is 2.12. The average Bonchev–Trinajstić information content (AvgIpc) is 2.54. The summed E-state index contributed by atoms with van der Waals surface area (Å²) in [5.41, 5.74) is 1.19. The molecule has 26 heavy (non-hydrogen) atoms. The number of anilines is 2. The summed E-state index contributed by atoms with van der Waals surface area (Å²) < 4.78 is 26.7. The van der Waals surface area contributed by atoms with E-state index in [9.17, 15) is 18.0 Å². The highest BCUT2D eigenvalue weighted by Crippen LogP contribution is 2.16. The van der Waals surface area contributed by atoms with E-state index in [0.717, 1.165) is 0 Å². The van der Waals surface area contributed by atoms with Crippen LogP contribution in [0.2, 0.25) is 5.02 Å². The standard InChI is InChI=1S/C17H18ClN3O4S/c1-12(22)20-15-3-2-4-16(11-15)21-26(24,25)10-9-19-17(23)13-5-7-14(18)8-6-13/h2-8,11,21H,9-10H2,1H3,(H,19,23)(H,20,22). The molecule has 0 atom stereocenters. The average molecular weight is 396 g/mol. The van der Waals surface area contributed by atoms with Crippen molar-refractivity contribution in [2.75, 3.05) is 22.3 Å². The first kappa shape index (κ1) is 19.7. The van der Waals surface area contributed by atoms with Crippen molar-refractivity contribution in [3.63, 3.8) is 0 Å². The summed E-state index contributed by atoms with van der Waals surface area (Å²) in [5.74, 6) is -0.934. The number of hydrogen-bond donors (Lipinski definition) is 3. The van der Waals surface area contributed by atoms with Gasteiger partial charge >= 0.3 is 0 Å². The number of sulfonamides is 1. The Kier molecular flexibility index (Phi) is 6.59. The van der Waals surface area contributed by atoms with Crippen molar-refractivity contribution in [2.45, 2.75) is 6.92 Å². The van der Waals surface area contributed by atoms with Gasteiger partial charge in [-0.15, -0.1) is 0 Å². The molecule has 2 aromatic carbocycles. The molecule has 0 spiro atoms. The van der Waals surface area contributed by atoms with E-state index in [1.165, 1.54) is 13.0 Å². The molecule has 0 radical (unpaired) electrons. The SMILES string of the molecule is CC(=O)Nc1cccc(NS(=O)(=O)CCNC(=O)c2ccc(Cl)cc2)c1. The Labute approximate surface area is 156 Å². The van der Waals surface area contributed by atoms with Gasteiger partial charge in [-0.3, -0.25) is 14.3 Å². The van der Waals surface area contributed by atoms with Gasteiger partial charge in [-0.05, 0) is 42.5 Å². The van der Waals surface area contributed by atoms with Gasteiger partial charge in [0.2, 0.25) is 15.9 Å². The minimum Gasteiger partial charge on any atom is -0.351 e. The number of nitrogens with one attached hydrogen (secondary N) is 3. The Balaban J connectivity index is 1.89. The van der Waals surface area contributed by atoms with Gasteiger partial charge < -0.3 is 10.6 Å². The topological polar surface area (TPSA) is 104 Å². The minimum absolute atomic E-state index is 0.0534. The Bertz CT molecular complexity index is 898. The van der Waals surface area contributed by atoms with E-state index in [1.807, 2.05) is 0 Å². The monoisotopic (exact) mass is 395 g/mol. The van der Waals surface area contributed by atoms with Gasteiger partial charge in [-0.25, -0.2) is 8.42 Å². The maximum atomic E-state index is 12.1. The summed E-state index contributed by atoms with van der Waals surface area (Å²) in [5, 5.41) is 5.62. The third kappa shape index (κ3) is 6.38. The highest BCUT2D eigenvalue weighted by molar-refractivity contribution is 7.92. The smallest absolute Gasteiger partial charge is 0.251 e. The number of carbonyl (C=O) groups is 2. The van der Waals surface area contributed by atoms with Crippen LogP contribution in [0, 0.1) is 0 Å². The van der Waals surface area contributed by atoms with E-state index in [4.69, 9.17) is 11.6 Å². The molecule has 0 bridgehead atoms. The first-order valence-electron chi connectivity index (χ1n) is 7.67. The maximum absolute atomic E-state index is 12.1. The fourth-order valence-corrected chi connectivity index (χ4v) is 3.18. The summed E-state index contributed by atoms with van der Waals surface area (Å²) in [7, 11) is -3.66. The van der Waals surface area contributed by atoms with Crippen LogP contribution in [0.5, 0.6) is 0 Å². The lowest BCUT2D eigenvalue weighted by molar-refractivity contribution is -0.114. The summed E-state index contributed by atoms with van der Waals surface area (Å²) in [6, 6.07) is 12.6. The molecular formula is C17H18ClN3O4S. The number of hydrogen-bond acceptors (Lipinski definition) is 4. The first-order chi connectivity index (χ1) is 12.2. The molecule has 2 rings (SSSR count). The molecule has 138 valence electrons. The third-order valence-corrected chi connectivity index (χ3v) is 4.76. The fourth-order valence-electron chi connectivity index (χ4n) is 2.10. The molecule has 0 unspecified atom stereocenters. The van der Waals surface area contributed by atoms with Crippen LogP contribution in [0.4, 0.5) is 11.4 Å². The summed E-state index contributed by atoms with van der Waals surface area (Å²) >= 11 is 5.75. The molecule has 0 aliphatic rings.